The van der Waals surface area contributed by atoms with Gasteiger partial charge in [0.1, 0.15) is 0 Å². The van der Waals surface area contributed by atoms with Crippen molar-refractivity contribution in [3.05, 3.63) is 23.0 Å². The maximum atomic E-state index is 11.7. The molecule has 0 fully saturated rings. The summed E-state index contributed by atoms with van der Waals surface area (Å²) in [4.78, 5) is 0. The molecule has 0 unspecified atom stereocenters. The van der Waals surface area contributed by atoms with E-state index in [4.69, 9.17) is 0 Å². The van der Waals surface area contributed by atoms with E-state index in [2.05, 4.69) is 8.37 Å². The molecule has 0 aliphatic heterocycles. The first-order valence-electron chi connectivity index (χ1n) is 4.89. The van der Waals surface area contributed by atoms with Crippen molar-refractivity contribution in [3.63, 3.8) is 0 Å². The summed E-state index contributed by atoms with van der Waals surface area (Å²) in [6.45, 7) is -4.17. The van der Waals surface area contributed by atoms with Crippen LogP contribution in [0.5, 0.6) is 0 Å². The first-order chi connectivity index (χ1) is 9.62. The summed E-state index contributed by atoms with van der Waals surface area (Å²) in [5.74, 6) is 0. The van der Waals surface area contributed by atoms with Crippen LogP contribution in [0.25, 0.3) is 0 Å². The van der Waals surface area contributed by atoms with Crippen LogP contribution in [0.4, 0.5) is 26.3 Å². The molecule has 0 bridgehead atoms. The van der Waals surface area contributed by atoms with Gasteiger partial charge in [-0.15, -0.1) is 0 Å². The van der Waals surface area contributed by atoms with Crippen molar-refractivity contribution in [2.24, 2.45) is 0 Å². The molecule has 0 saturated carbocycles. The Hall–Kier alpha value is -1.12. The molecule has 0 aromatic heterocycles. The molecule has 0 spiro atoms. The summed E-state index contributed by atoms with van der Waals surface area (Å²) in [6.07, 6.45) is -8.93. The van der Waals surface area contributed by atoms with Crippen LogP contribution < -0.4 is 0 Å². The average molecular weight is 378 g/mol. The molecule has 0 saturated heterocycles. The van der Waals surface area contributed by atoms with E-state index in [-0.39, 0.29) is 10.8 Å². The lowest BCUT2D eigenvalue weighted by Gasteiger charge is -2.05. The molecule has 0 atom stereocenters. The maximum Gasteiger partial charge on any atom is 0.413 e. The van der Waals surface area contributed by atoms with Crippen LogP contribution in [0.3, 0.4) is 0 Å². The monoisotopic (exact) mass is 378 g/mol. The van der Waals surface area contributed by atoms with E-state index < -0.39 is 45.8 Å². The van der Waals surface area contributed by atoms with Crippen LogP contribution in [0.2, 0.25) is 0 Å². The van der Waals surface area contributed by atoms with Gasteiger partial charge in [0.15, 0.2) is 13.2 Å². The lowest BCUT2D eigenvalue weighted by molar-refractivity contribution is -0.152. The second-order valence-electron chi connectivity index (χ2n) is 3.40. The molecule has 0 heterocycles. The van der Waals surface area contributed by atoms with Crippen molar-refractivity contribution in [1.29, 1.82) is 0 Å². The summed E-state index contributed by atoms with van der Waals surface area (Å²) in [7, 11) is -9.47. The summed E-state index contributed by atoms with van der Waals surface area (Å²) >= 11 is 0. The van der Waals surface area contributed by atoms with Crippen LogP contribution in [0.15, 0.2) is 23.0 Å². The summed E-state index contributed by atoms with van der Waals surface area (Å²) < 4.78 is 121. The highest BCUT2D eigenvalue weighted by Crippen LogP contribution is 2.17. The fourth-order valence-corrected chi connectivity index (χ4v) is 1.98. The molecule has 22 heavy (non-hydrogen) atoms. The fourth-order valence-electron chi connectivity index (χ4n) is 0.660. The van der Waals surface area contributed by atoms with Gasteiger partial charge in [-0.05, 0) is 12.2 Å². The van der Waals surface area contributed by atoms with E-state index in [1.165, 1.54) is 0 Å². The van der Waals surface area contributed by atoms with Crippen LogP contribution in [0.1, 0.15) is 0 Å². The van der Waals surface area contributed by atoms with Gasteiger partial charge < -0.3 is 0 Å². The standard InChI is InChI=1S/C8H8F6O6S2/c9-7(10,11)5-19-21(15,16)3-1-2-4-22(17,18)20-6-8(12,13)14/h1-4H,5-6H2. The minimum absolute atomic E-state index is 0.0779. The number of halogens is 6. The number of allylic oxidation sites excluding steroid dienone is 2. The summed E-state index contributed by atoms with van der Waals surface area (Å²) in [6, 6.07) is 0. The van der Waals surface area contributed by atoms with Gasteiger partial charge in [0.25, 0.3) is 20.2 Å². The van der Waals surface area contributed by atoms with Crippen LogP contribution in [0, 0.1) is 0 Å². The molecule has 6 nitrogen and oxygen atoms in total. The third kappa shape index (κ3) is 12.6. The normalized spacial score (nSPS) is 15.0. The van der Waals surface area contributed by atoms with E-state index in [9.17, 15) is 43.2 Å². The van der Waals surface area contributed by atoms with Crippen molar-refractivity contribution >= 4 is 20.2 Å². The molecular weight excluding hydrogens is 370 g/mol. The average Bonchev–Trinajstić information content (AvgIpc) is 2.29. The summed E-state index contributed by atoms with van der Waals surface area (Å²) in [5, 5.41) is 0.156. The van der Waals surface area contributed by atoms with E-state index >= 15 is 0 Å². The quantitative estimate of drug-likeness (QED) is 0.382. The van der Waals surface area contributed by atoms with Gasteiger partial charge in [0, 0.05) is 0 Å². The fraction of sp³-hybridized carbons (Fsp3) is 0.500. The van der Waals surface area contributed by atoms with Gasteiger partial charge in [-0.1, -0.05) is 0 Å². The first-order valence-corrected chi connectivity index (χ1v) is 7.83. The minimum Gasteiger partial charge on any atom is -0.257 e. The largest absolute Gasteiger partial charge is 0.413 e. The van der Waals surface area contributed by atoms with Crippen molar-refractivity contribution in [2.45, 2.75) is 12.4 Å². The van der Waals surface area contributed by atoms with Crippen molar-refractivity contribution in [1.82, 2.24) is 0 Å². The highest BCUT2D eigenvalue weighted by Gasteiger charge is 2.31. The maximum absolute atomic E-state index is 11.7. The molecule has 0 aliphatic rings. The lowest BCUT2D eigenvalue weighted by atomic mass is 10.6. The molecule has 14 heteroatoms. The molecule has 0 aliphatic carbocycles. The molecule has 130 valence electrons. The van der Waals surface area contributed by atoms with Crippen molar-refractivity contribution < 1.29 is 51.5 Å². The van der Waals surface area contributed by atoms with Gasteiger partial charge >= 0.3 is 12.4 Å². The van der Waals surface area contributed by atoms with Gasteiger partial charge in [-0.25, -0.2) is 0 Å². The number of hydrogen-bond donors (Lipinski definition) is 0. The zero-order valence-electron chi connectivity index (χ0n) is 10.3. The Labute approximate surface area is 121 Å². The molecule has 0 rings (SSSR count). The van der Waals surface area contributed by atoms with E-state index in [0.717, 1.165) is 0 Å². The molecule has 0 aromatic carbocycles. The van der Waals surface area contributed by atoms with Gasteiger partial charge in [-0.3, -0.25) is 8.37 Å². The van der Waals surface area contributed by atoms with Crippen molar-refractivity contribution in [3.8, 4) is 0 Å². The van der Waals surface area contributed by atoms with Crippen LogP contribution in [-0.4, -0.2) is 42.4 Å². The molecule has 0 amide bonds. The second kappa shape index (κ2) is 7.43. The highest BCUT2D eigenvalue weighted by molar-refractivity contribution is 7.90. The predicted molar refractivity (Wildman–Crippen MR) is 60.1 cm³/mol. The molecule has 0 radical (unpaired) electrons. The number of rotatable bonds is 7. The molecule has 0 aromatic rings. The lowest BCUT2D eigenvalue weighted by Crippen LogP contribution is -2.19. The van der Waals surface area contributed by atoms with Gasteiger partial charge in [0.2, 0.25) is 0 Å². The van der Waals surface area contributed by atoms with Crippen molar-refractivity contribution in [2.75, 3.05) is 13.2 Å². The summed E-state index contributed by atoms with van der Waals surface area (Å²) in [5.41, 5.74) is 0. The smallest absolute Gasteiger partial charge is 0.257 e. The zero-order valence-corrected chi connectivity index (χ0v) is 11.9. The topological polar surface area (TPSA) is 86.7 Å². The van der Waals surface area contributed by atoms with Crippen LogP contribution in [-0.2, 0) is 28.6 Å². The van der Waals surface area contributed by atoms with Gasteiger partial charge in [-0.2, -0.15) is 43.2 Å². The third-order valence-electron chi connectivity index (χ3n) is 1.38. The Balaban J connectivity index is 4.59. The SMILES string of the molecule is O=S(=O)(C=CC=CS(=O)(=O)OCC(F)(F)F)OCC(F)(F)F. The van der Waals surface area contributed by atoms with Gasteiger partial charge in [0.05, 0.1) is 10.8 Å². The van der Waals surface area contributed by atoms with E-state index in [0.29, 0.717) is 12.2 Å². The van der Waals surface area contributed by atoms with Crippen LogP contribution >= 0.6 is 0 Å². The number of hydrogen-bond acceptors (Lipinski definition) is 6. The highest BCUT2D eigenvalue weighted by atomic mass is 32.2. The Bertz CT molecular complexity index is 556. The Kier molecular flexibility index (Phi) is 7.05. The zero-order chi connectivity index (χ0) is 17.7. The Morgan fingerprint density at radius 1 is 0.682 bits per heavy atom. The third-order valence-corrected chi connectivity index (χ3v) is 3.25. The molecular formula is C8H8F6O6S2. The molecule has 0 N–H and O–H groups in total. The van der Waals surface area contributed by atoms with E-state index in [1.54, 1.807) is 0 Å². The Morgan fingerprint density at radius 3 is 1.18 bits per heavy atom. The Morgan fingerprint density at radius 2 is 0.955 bits per heavy atom. The van der Waals surface area contributed by atoms with E-state index in [1.807, 2.05) is 0 Å². The number of alkyl halides is 6. The first kappa shape index (κ1) is 20.9. The second-order valence-corrected chi connectivity index (χ2v) is 6.38. The predicted octanol–water partition coefficient (Wildman–Crippen LogP) is 1.83. The minimum atomic E-state index is -4.90.